The third-order valence-corrected chi connectivity index (χ3v) is 0.658. The number of ether oxygens (including phenoxy) is 2. The van der Waals surface area contributed by atoms with Gasteiger partial charge in [0, 0.05) is 6.42 Å². The normalized spacial score (nSPS) is 8.60. The lowest BCUT2D eigenvalue weighted by Crippen LogP contribution is -2.12. The molecule has 0 amide bonds. The molecule has 0 N–H and O–H groups in total. The summed E-state index contributed by atoms with van der Waals surface area (Å²) in [6.07, 6.45) is -1.24. The van der Waals surface area contributed by atoms with Crippen LogP contribution in [0.3, 0.4) is 0 Å². The molecule has 0 aliphatic carbocycles. The molecule has 10 heavy (non-hydrogen) atoms. The molecule has 0 rings (SSSR count). The summed E-state index contributed by atoms with van der Waals surface area (Å²) in [5.41, 5.74) is 0. The van der Waals surface area contributed by atoms with E-state index in [1.807, 2.05) is 0 Å². The van der Waals surface area contributed by atoms with Crippen LogP contribution in [0.25, 0.3) is 0 Å². The van der Waals surface area contributed by atoms with E-state index in [4.69, 9.17) is 0 Å². The summed E-state index contributed by atoms with van der Waals surface area (Å²) in [6.45, 7) is 0.223. The first-order valence-corrected chi connectivity index (χ1v) is 2.64. The molecule has 0 unspecified atom stereocenters. The monoisotopic (exact) mass is 150 g/mol. The molecule has 0 saturated carbocycles. The van der Waals surface area contributed by atoms with Gasteiger partial charge in [-0.05, 0) is 0 Å². The Kier molecular flexibility index (Phi) is 4.19. The Morgan fingerprint density at radius 2 is 2.10 bits per heavy atom. The van der Waals surface area contributed by atoms with E-state index in [1.54, 1.807) is 0 Å². The van der Waals surface area contributed by atoms with Gasteiger partial charge in [0.2, 0.25) is 6.86 Å². The summed E-state index contributed by atoms with van der Waals surface area (Å²) in [7, 11) is 0. The molecular formula is C5H7FO4. The van der Waals surface area contributed by atoms with Crippen molar-refractivity contribution in [1.82, 2.24) is 0 Å². The average Bonchev–Trinajstić information content (AvgIpc) is 1.88. The van der Waals surface area contributed by atoms with Gasteiger partial charge in [0.25, 0.3) is 0 Å². The maximum Gasteiger partial charge on any atom is 0.518 e. The van der Waals surface area contributed by atoms with Gasteiger partial charge in [0.15, 0.2) is 0 Å². The molecule has 0 spiro atoms. The zero-order valence-corrected chi connectivity index (χ0v) is 5.43. The van der Waals surface area contributed by atoms with Crippen LogP contribution in [-0.4, -0.2) is 19.0 Å². The van der Waals surface area contributed by atoms with Gasteiger partial charge in [0.05, 0.1) is 0 Å². The van der Waals surface area contributed by atoms with Crippen LogP contribution in [0.4, 0.5) is 9.18 Å². The highest BCUT2D eigenvalue weighted by Crippen LogP contribution is 1.89. The van der Waals surface area contributed by atoms with E-state index in [1.165, 1.54) is 6.92 Å². The van der Waals surface area contributed by atoms with E-state index in [0.717, 1.165) is 0 Å². The maximum atomic E-state index is 11.2. The molecule has 0 aliphatic rings. The first-order chi connectivity index (χ1) is 4.70. The summed E-state index contributed by atoms with van der Waals surface area (Å²) in [6, 6.07) is 0. The Bertz CT molecular complexity index is 134. The van der Waals surface area contributed by atoms with Crippen LogP contribution in [0.1, 0.15) is 13.3 Å². The molecule has 0 radical (unpaired) electrons. The number of carbonyl (C=O) groups is 2. The van der Waals surface area contributed by atoms with Crippen molar-refractivity contribution >= 4 is 12.1 Å². The molecule has 0 atom stereocenters. The van der Waals surface area contributed by atoms with Crippen molar-refractivity contribution in [2.45, 2.75) is 13.3 Å². The second-order valence-electron chi connectivity index (χ2n) is 1.33. The Balaban J connectivity index is 3.47. The van der Waals surface area contributed by atoms with E-state index in [9.17, 15) is 14.0 Å². The van der Waals surface area contributed by atoms with E-state index >= 15 is 0 Å². The number of hydrogen-bond donors (Lipinski definition) is 0. The van der Waals surface area contributed by atoms with Crippen LogP contribution in [0, 0.1) is 0 Å². The highest BCUT2D eigenvalue weighted by Gasteiger charge is 2.07. The van der Waals surface area contributed by atoms with Crippen LogP contribution in [0.5, 0.6) is 0 Å². The smallest absolute Gasteiger partial charge is 0.402 e. The number of halogens is 1. The fourth-order valence-electron chi connectivity index (χ4n) is 0.239. The maximum absolute atomic E-state index is 11.2. The predicted octanol–water partition coefficient (Wildman–Crippen LogP) is 1.00. The van der Waals surface area contributed by atoms with Crippen molar-refractivity contribution in [2.24, 2.45) is 0 Å². The molecule has 0 aromatic heterocycles. The van der Waals surface area contributed by atoms with Crippen LogP contribution in [-0.2, 0) is 14.3 Å². The quantitative estimate of drug-likeness (QED) is 0.435. The van der Waals surface area contributed by atoms with Crippen molar-refractivity contribution < 1.29 is 23.5 Å². The molecular weight excluding hydrogens is 143 g/mol. The lowest BCUT2D eigenvalue weighted by Gasteiger charge is -1.97. The molecule has 0 aliphatic heterocycles. The average molecular weight is 150 g/mol. The highest BCUT2D eigenvalue weighted by atomic mass is 19.1. The molecule has 5 heteroatoms. The SMILES string of the molecule is CCC(=O)OC(=O)OCF. The van der Waals surface area contributed by atoms with Gasteiger partial charge in [0.1, 0.15) is 0 Å². The lowest BCUT2D eigenvalue weighted by atomic mass is 10.5. The van der Waals surface area contributed by atoms with Gasteiger partial charge in [-0.1, -0.05) is 6.92 Å². The second kappa shape index (κ2) is 4.72. The summed E-state index contributed by atoms with van der Waals surface area (Å²) < 4.78 is 18.7. The van der Waals surface area contributed by atoms with Crippen molar-refractivity contribution in [3.63, 3.8) is 0 Å². The molecule has 0 bridgehead atoms. The Hall–Kier alpha value is -1.13. The third kappa shape index (κ3) is 3.82. The fraction of sp³-hybridized carbons (Fsp3) is 0.600. The van der Waals surface area contributed by atoms with Crippen LogP contribution in [0.15, 0.2) is 0 Å². The molecule has 4 nitrogen and oxygen atoms in total. The Labute approximate surface area is 56.9 Å². The Morgan fingerprint density at radius 3 is 2.50 bits per heavy atom. The zero-order valence-electron chi connectivity index (χ0n) is 5.43. The molecule has 0 saturated heterocycles. The minimum Gasteiger partial charge on any atom is -0.402 e. The van der Waals surface area contributed by atoms with Crippen molar-refractivity contribution in [3.05, 3.63) is 0 Å². The van der Waals surface area contributed by atoms with E-state index in [2.05, 4.69) is 9.47 Å². The molecule has 0 heterocycles. The lowest BCUT2D eigenvalue weighted by molar-refractivity contribution is -0.139. The summed E-state index contributed by atoms with van der Waals surface area (Å²) >= 11 is 0. The van der Waals surface area contributed by atoms with Gasteiger partial charge in [-0.3, -0.25) is 4.79 Å². The molecule has 0 fully saturated rings. The fourth-order valence-corrected chi connectivity index (χ4v) is 0.239. The van der Waals surface area contributed by atoms with Gasteiger partial charge in [-0.2, -0.15) is 0 Å². The predicted molar refractivity (Wildman–Crippen MR) is 28.8 cm³/mol. The standard InChI is InChI=1S/C5H7FO4/c1-2-4(7)10-5(8)9-3-6/h2-3H2,1H3. The van der Waals surface area contributed by atoms with Gasteiger partial charge >= 0.3 is 12.1 Å². The van der Waals surface area contributed by atoms with Crippen LogP contribution >= 0.6 is 0 Å². The third-order valence-electron chi connectivity index (χ3n) is 0.658. The number of hydrogen-bond acceptors (Lipinski definition) is 4. The molecule has 58 valence electrons. The molecule has 0 aromatic carbocycles. The highest BCUT2D eigenvalue weighted by molar-refractivity contribution is 5.81. The molecule has 0 aromatic rings. The minimum absolute atomic E-state index is 0.0569. The van der Waals surface area contributed by atoms with Gasteiger partial charge in [-0.25, -0.2) is 9.18 Å². The summed E-state index contributed by atoms with van der Waals surface area (Å²) in [4.78, 5) is 20.4. The number of rotatable bonds is 2. The van der Waals surface area contributed by atoms with Gasteiger partial charge < -0.3 is 9.47 Å². The van der Waals surface area contributed by atoms with E-state index < -0.39 is 19.0 Å². The first kappa shape index (κ1) is 8.87. The largest absolute Gasteiger partial charge is 0.518 e. The van der Waals surface area contributed by atoms with Crippen molar-refractivity contribution in [2.75, 3.05) is 6.86 Å². The summed E-state index contributed by atoms with van der Waals surface area (Å²) in [5.74, 6) is -0.738. The first-order valence-electron chi connectivity index (χ1n) is 2.64. The number of esters is 1. The number of carbonyl (C=O) groups excluding carboxylic acids is 2. The van der Waals surface area contributed by atoms with Gasteiger partial charge in [-0.15, -0.1) is 0 Å². The van der Waals surface area contributed by atoms with Crippen LogP contribution in [0.2, 0.25) is 0 Å². The van der Waals surface area contributed by atoms with E-state index in [0.29, 0.717) is 0 Å². The van der Waals surface area contributed by atoms with E-state index in [-0.39, 0.29) is 6.42 Å². The second-order valence-corrected chi connectivity index (χ2v) is 1.33. The summed E-state index contributed by atoms with van der Waals surface area (Å²) in [5, 5.41) is 0. The minimum atomic E-state index is -1.30. The van der Waals surface area contributed by atoms with Crippen molar-refractivity contribution in [3.8, 4) is 0 Å². The topological polar surface area (TPSA) is 52.6 Å². The number of alkyl halides is 1. The van der Waals surface area contributed by atoms with Crippen molar-refractivity contribution in [1.29, 1.82) is 0 Å². The Morgan fingerprint density at radius 1 is 1.50 bits per heavy atom. The van der Waals surface area contributed by atoms with Crippen LogP contribution < -0.4 is 0 Å². The zero-order chi connectivity index (χ0) is 7.98.